The van der Waals surface area contributed by atoms with Gasteiger partial charge in [-0.15, -0.1) is 0 Å². The van der Waals surface area contributed by atoms with Gasteiger partial charge in [0.2, 0.25) is 0 Å². The van der Waals surface area contributed by atoms with Gasteiger partial charge in [0.05, 0.1) is 6.61 Å². The molecule has 2 amide bonds. The lowest BCUT2D eigenvalue weighted by Crippen LogP contribution is -2.49. The Hall–Kier alpha value is -2.03. The molecular formula is C19H24F2N4O2. The average Bonchev–Trinajstić information content (AvgIpc) is 3.22. The third-order valence-electron chi connectivity index (χ3n) is 5.73. The first-order valence-electron chi connectivity index (χ1n) is 9.19. The Morgan fingerprint density at radius 2 is 1.93 bits per heavy atom. The highest BCUT2D eigenvalue weighted by Gasteiger charge is 2.39. The van der Waals surface area contributed by atoms with E-state index in [4.69, 9.17) is 10.5 Å². The maximum Gasteiger partial charge on any atom is 0.317 e. The normalized spacial score (nSPS) is 28.6. The van der Waals surface area contributed by atoms with E-state index in [0.717, 1.165) is 25.2 Å². The Balaban J connectivity index is 1.36. The van der Waals surface area contributed by atoms with Crippen LogP contribution in [0.5, 0.6) is 0 Å². The number of urea groups is 1. The lowest BCUT2D eigenvalue weighted by atomic mass is 9.93. The van der Waals surface area contributed by atoms with Crippen LogP contribution >= 0.6 is 0 Å². The molecule has 0 aromatic heterocycles. The van der Waals surface area contributed by atoms with Gasteiger partial charge in [-0.05, 0) is 35.8 Å². The van der Waals surface area contributed by atoms with Crippen LogP contribution in [0.3, 0.4) is 0 Å². The van der Waals surface area contributed by atoms with Crippen molar-refractivity contribution in [2.45, 2.75) is 24.6 Å². The smallest absolute Gasteiger partial charge is 0.317 e. The highest BCUT2D eigenvalue weighted by Crippen LogP contribution is 2.34. The van der Waals surface area contributed by atoms with E-state index < -0.39 is 23.8 Å². The van der Waals surface area contributed by atoms with E-state index in [-0.39, 0.29) is 17.6 Å². The number of ether oxygens (including phenoxy) is 1. The molecule has 6 nitrogen and oxygen atoms in total. The number of halogens is 2. The van der Waals surface area contributed by atoms with E-state index in [1.54, 1.807) is 11.9 Å². The van der Waals surface area contributed by atoms with Crippen LogP contribution in [0.15, 0.2) is 29.3 Å². The Labute approximate surface area is 156 Å². The van der Waals surface area contributed by atoms with E-state index in [0.29, 0.717) is 26.1 Å². The predicted octanol–water partition coefficient (Wildman–Crippen LogP) is 1.39. The summed E-state index contributed by atoms with van der Waals surface area (Å²) in [7, 11) is 1.64. The van der Waals surface area contributed by atoms with Crippen molar-refractivity contribution in [1.82, 2.24) is 15.1 Å². The van der Waals surface area contributed by atoms with Crippen molar-refractivity contribution in [2.75, 3.05) is 39.8 Å². The molecule has 3 aliphatic rings. The van der Waals surface area contributed by atoms with E-state index >= 15 is 0 Å². The largest absolute Gasteiger partial charge is 0.370 e. The molecule has 1 aromatic rings. The lowest BCUT2D eigenvalue weighted by molar-refractivity contribution is -0.0468. The second-order valence-electron chi connectivity index (χ2n) is 7.50. The van der Waals surface area contributed by atoms with Crippen LogP contribution in [0.1, 0.15) is 18.1 Å². The Morgan fingerprint density at radius 3 is 2.56 bits per heavy atom. The molecule has 4 rings (SSSR count). The number of amides is 2. The summed E-state index contributed by atoms with van der Waals surface area (Å²) in [6.45, 7) is 3.32. The Kier molecular flexibility index (Phi) is 4.88. The maximum absolute atomic E-state index is 14.1. The average molecular weight is 378 g/mol. The summed E-state index contributed by atoms with van der Waals surface area (Å²) < 4.78 is 33.4. The number of hydrogen-bond donors (Lipinski definition) is 2. The summed E-state index contributed by atoms with van der Waals surface area (Å²) in [5, 5.41) is 2.66. The van der Waals surface area contributed by atoms with Crippen LogP contribution in [0.2, 0.25) is 0 Å². The van der Waals surface area contributed by atoms with Crippen molar-refractivity contribution in [3.8, 4) is 0 Å². The number of carbonyl (C=O) groups excluding carboxylic acids is 1. The van der Waals surface area contributed by atoms with E-state index in [1.807, 2.05) is 0 Å². The molecule has 0 bridgehead atoms. The first-order valence-corrected chi connectivity index (χ1v) is 9.19. The van der Waals surface area contributed by atoms with Crippen LogP contribution in [0.4, 0.5) is 13.6 Å². The van der Waals surface area contributed by atoms with E-state index in [9.17, 15) is 13.6 Å². The zero-order valence-electron chi connectivity index (χ0n) is 15.3. The molecule has 1 aromatic carbocycles. The molecule has 1 saturated heterocycles. The minimum atomic E-state index is -0.636. The van der Waals surface area contributed by atoms with Crippen molar-refractivity contribution < 1.29 is 18.3 Å². The number of carbonyl (C=O) groups is 1. The number of benzene rings is 1. The predicted molar refractivity (Wildman–Crippen MR) is 96.1 cm³/mol. The van der Waals surface area contributed by atoms with Crippen molar-refractivity contribution in [3.05, 3.63) is 46.5 Å². The molecule has 146 valence electrons. The third kappa shape index (κ3) is 3.44. The SMILES string of the molecule is CNC(=O)N1CC2=C(C1)CN([C@H]1CO[C@H](c3cc(F)ccc3F)[C@@H](N)C1)C2. The first-order chi connectivity index (χ1) is 13.0. The Morgan fingerprint density at radius 1 is 1.22 bits per heavy atom. The van der Waals surface area contributed by atoms with Crippen LogP contribution in [0, 0.1) is 11.6 Å². The minimum absolute atomic E-state index is 0.0565. The van der Waals surface area contributed by atoms with Gasteiger partial charge in [0, 0.05) is 50.9 Å². The van der Waals surface area contributed by atoms with Crippen molar-refractivity contribution in [2.24, 2.45) is 5.73 Å². The molecule has 0 saturated carbocycles. The molecule has 3 N–H and O–H groups in total. The molecule has 0 spiro atoms. The van der Waals surface area contributed by atoms with Crippen LogP contribution in [0.25, 0.3) is 0 Å². The molecule has 1 fully saturated rings. The van der Waals surface area contributed by atoms with Crippen LogP contribution in [-0.2, 0) is 4.74 Å². The molecule has 0 radical (unpaired) electrons. The molecule has 0 unspecified atom stereocenters. The molecule has 3 heterocycles. The van der Waals surface area contributed by atoms with E-state index in [2.05, 4.69) is 10.2 Å². The van der Waals surface area contributed by atoms with Crippen molar-refractivity contribution >= 4 is 6.03 Å². The first kappa shape index (κ1) is 18.3. The van der Waals surface area contributed by atoms with Crippen LogP contribution < -0.4 is 11.1 Å². The fourth-order valence-electron chi connectivity index (χ4n) is 4.32. The van der Waals surface area contributed by atoms with Crippen LogP contribution in [-0.4, -0.2) is 67.7 Å². The topological polar surface area (TPSA) is 70.8 Å². The Bertz CT molecular complexity index is 767. The minimum Gasteiger partial charge on any atom is -0.370 e. The lowest BCUT2D eigenvalue weighted by Gasteiger charge is -2.39. The summed E-state index contributed by atoms with van der Waals surface area (Å²) in [5.74, 6) is -0.989. The molecule has 0 aliphatic carbocycles. The summed E-state index contributed by atoms with van der Waals surface area (Å²) in [4.78, 5) is 15.9. The van der Waals surface area contributed by atoms with Gasteiger partial charge < -0.3 is 20.7 Å². The quantitative estimate of drug-likeness (QED) is 0.763. The third-order valence-corrected chi connectivity index (χ3v) is 5.73. The summed E-state index contributed by atoms with van der Waals surface area (Å²) >= 11 is 0. The molecule has 27 heavy (non-hydrogen) atoms. The van der Waals surface area contributed by atoms with Crippen molar-refractivity contribution in [3.63, 3.8) is 0 Å². The second-order valence-corrected chi connectivity index (χ2v) is 7.50. The second kappa shape index (κ2) is 7.18. The van der Waals surface area contributed by atoms with E-state index in [1.165, 1.54) is 17.2 Å². The monoisotopic (exact) mass is 378 g/mol. The summed E-state index contributed by atoms with van der Waals surface area (Å²) in [6, 6.07) is 3.04. The highest BCUT2D eigenvalue weighted by atomic mass is 19.1. The standard InChI is InChI=1S/C19H24F2N4O2/c1-23-19(26)25-8-11-6-24(7-12(11)9-25)14-5-17(22)18(27-10-14)15-4-13(20)2-3-16(15)21/h2-4,14,17-18H,5-10,22H2,1H3,(H,23,26)/t14-,17+,18-/m1/s1. The number of nitrogens with zero attached hydrogens (tertiary/aromatic N) is 2. The highest BCUT2D eigenvalue weighted by molar-refractivity contribution is 5.75. The molecule has 8 heteroatoms. The summed E-state index contributed by atoms with van der Waals surface area (Å²) in [5.41, 5.74) is 9.02. The number of hydrogen-bond acceptors (Lipinski definition) is 4. The van der Waals surface area contributed by atoms with Gasteiger partial charge in [-0.3, -0.25) is 4.90 Å². The zero-order valence-corrected chi connectivity index (χ0v) is 15.3. The zero-order chi connectivity index (χ0) is 19.1. The molecule has 3 aliphatic heterocycles. The number of nitrogens with two attached hydrogens (primary N) is 1. The van der Waals surface area contributed by atoms with Gasteiger partial charge in [-0.1, -0.05) is 0 Å². The number of nitrogens with one attached hydrogen (secondary N) is 1. The van der Waals surface area contributed by atoms with Gasteiger partial charge in [0.15, 0.2) is 0 Å². The fourth-order valence-corrected chi connectivity index (χ4v) is 4.32. The molecular weight excluding hydrogens is 354 g/mol. The van der Waals surface area contributed by atoms with Gasteiger partial charge in [-0.25, -0.2) is 13.6 Å². The fraction of sp³-hybridized carbons (Fsp3) is 0.526. The van der Waals surface area contributed by atoms with Gasteiger partial charge in [0.25, 0.3) is 0 Å². The molecule has 3 atom stereocenters. The van der Waals surface area contributed by atoms with Gasteiger partial charge in [-0.2, -0.15) is 0 Å². The maximum atomic E-state index is 14.1. The van der Waals surface area contributed by atoms with Gasteiger partial charge >= 0.3 is 6.03 Å². The number of rotatable bonds is 2. The summed E-state index contributed by atoms with van der Waals surface area (Å²) in [6.07, 6.45) is 0.0171. The van der Waals surface area contributed by atoms with Gasteiger partial charge in [0.1, 0.15) is 17.7 Å². The van der Waals surface area contributed by atoms with Crippen molar-refractivity contribution in [1.29, 1.82) is 0 Å².